The molecule has 3 atom stereocenters. The second-order valence-corrected chi connectivity index (χ2v) is 13.1. The van der Waals surface area contributed by atoms with Crippen LogP contribution in [0.15, 0.2) is 47.5 Å². The standard InChI is InChI=1S/C27H35NO.2ClH.Zr/c1-19-10-9-15-26(20(19)2)28-18-24-16-23(21-11-5-3-6-12-21)17-25(27(24)29)22-13-7-4-8-14-22;;;/h3,5-6,11-12,16-20,22,26,29H,4,7-10,13-15H2,1-2H3;2*1H;/q;;;+2/p-2. The van der Waals surface area contributed by atoms with E-state index in [2.05, 4.69) is 56.3 Å². The van der Waals surface area contributed by atoms with E-state index in [9.17, 15) is 5.11 Å². The Hall–Kier alpha value is -0.627. The van der Waals surface area contributed by atoms with Gasteiger partial charge < -0.3 is 5.11 Å². The molecule has 0 aliphatic heterocycles. The third-order valence-corrected chi connectivity index (χ3v) is 7.39. The van der Waals surface area contributed by atoms with E-state index in [1.807, 2.05) is 6.21 Å². The van der Waals surface area contributed by atoms with Gasteiger partial charge in [0.05, 0.1) is 6.04 Å². The molecule has 0 radical (unpaired) electrons. The minimum absolute atomic E-state index is 0.372. The van der Waals surface area contributed by atoms with E-state index in [1.54, 1.807) is 0 Å². The van der Waals surface area contributed by atoms with Crippen LogP contribution in [0, 0.1) is 11.8 Å². The third-order valence-electron chi connectivity index (χ3n) is 7.39. The molecule has 2 aliphatic carbocycles. The van der Waals surface area contributed by atoms with Gasteiger partial charge in [0.15, 0.2) is 0 Å². The Morgan fingerprint density at radius 3 is 2.28 bits per heavy atom. The zero-order valence-electron chi connectivity index (χ0n) is 19.2. The molecular formula is C27H35Cl2NOZr. The Labute approximate surface area is 212 Å². The van der Waals surface area contributed by atoms with Crippen molar-refractivity contribution in [1.29, 1.82) is 0 Å². The van der Waals surface area contributed by atoms with Gasteiger partial charge in [-0.2, -0.15) is 0 Å². The van der Waals surface area contributed by atoms with Crippen molar-refractivity contribution >= 4 is 23.2 Å². The number of nitrogens with zero attached hydrogens (tertiary/aromatic N) is 1. The van der Waals surface area contributed by atoms with Gasteiger partial charge in [0.1, 0.15) is 5.75 Å². The average Bonchev–Trinajstić information content (AvgIpc) is 2.82. The third kappa shape index (κ3) is 6.94. The Balaban J connectivity index is 0.000000913. The van der Waals surface area contributed by atoms with E-state index in [4.69, 9.17) is 22.0 Å². The van der Waals surface area contributed by atoms with Gasteiger partial charge in [0, 0.05) is 11.8 Å². The van der Waals surface area contributed by atoms with Gasteiger partial charge in [0.25, 0.3) is 0 Å². The first kappa shape index (κ1) is 26.0. The molecule has 2 saturated carbocycles. The molecule has 4 rings (SSSR count). The number of rotatable bonds is 4. The van der Waals surface area contributed by atoms with Crippen LogP contribution in [0.4, 0.5) is 0 Å². The molecule has 32 heavy (non-hydrogen) atoms. The Bertz CT molecular complexity index is 867. The fraction of sp³-hybridized carbons (Fsp3) is 0.519. The molecule has 0 heterocycles. The summed E-state index contributed by atoms with van der Waals surface area (Å²) < 4.78 is 0. The van der Waals surface area contributed by atoms with Crippen LogP contribution >= 0.6 is 17.0 Å². The van der Waals surface area contributed by atoms with E-state index >= 15 is 0 Å². The molecule has 2 aliphatic rings. The van der Waals surface area contributed by atoms with E-state index in [-0.39, 0.29) is 0 Å². The second-order valence-electron chi connectivity index (χ2n) is 9.39. The fourth-order valence-corrected chi connectivity index (χ4v) is 5.24. The van der Waals surface area contributed by atoms with Crippen molar-refractivity contribution in [2.75, 3.05) is 0 Å². The first-order valence-electron chi connectivity index (χ1n) is 12.0. The molecule has 2 nitrogen and oxygen atoms in total. The van der Waals surface area contributed by atoms with E-state index in [1.165, 1.54) is 56.1 Å². The van der Waals surface area contributed by atoms with Crippen molar-refractivity contribution in [3.8, 4) is 16.9 Å². The van der Waals surface area contributed by atoms with E-state index in [0.29, 0.717) is 23.6 Å². The predicted octanol–water partition coefficient (Wildman–Crippen LogP) is 8.73. The summed E-state index contributed by atoms with van der Waals surface area (Å²) in [7, 11) is 9.87. The van der Waals surface area contributed by atoms with E-state index < -0.39 is 20.8 Å². The molecule has 5 heteroatoms. The Kier molecular flexibility index (Phi) is 10.8. The van der Waals surface area contributed by atoms with Crippen LogP contribution < -0.4 is 0 Å². The summed E-state index contributed by atoms with van der Waals surface area (Å²) in [5.74, 6) is 2.26. The number of phenols is 1. The summed E-state index contributed by atoms with van der Waals surface area (Å²) >= 11 is -0.826. The maximum atomic E-state index is 11.2. The van der Waals surface area contributed by atoms with Gasteiger partial charge in [-0.25, -0.2) is 0 Å². The van der Waals surface area contributed by atoms with Gasteiger partial charge in [-0.05, 0) is 65.8 Å². The summed E-state index contributed by atoms with van der Waals surface area (Å²) in [5.41, 5.74) is 4.41. The van der Waals surface area contributed by atoms with Crippen LogP contribution in [0.1, 0.15) is 82.3 Å². The summed E-state index contributed by atoms with van der Waals surface area (Å²) in [4.78, 5) is 4.98. The number of aliphatic imine (C=N–C) groups is 1. The summed E-state index contributed by atoms with van der Waals surface area (Å²) in [6, 6.07) is 15.3. The van der Waals surface area contributed by atoms with Crippen LogP contribution in [0.3, 0.4) is 0 Å². The molecule has 3 unspecified atom stereocenters. The minimum atomic E-state index is -0.826. The van der Waals surface area contributed by atoms with Gasteiger partial charge in [0.2, 0.25) is 0 Å². The zero-order chi connectivity index (χ0) is 22.9. The number of halogens is 2. The maximum absolute atomic E-state index is 11.2. The molecular weight excluding hydrogens is 516 g/mol. The number of aromatic hydroxyl groups is 1. The SMILES string of the molecule is CC1CCCC(N=Cc2cc(-c3ccccc3)cc(C3CCCCC3)c2O)C1C.[Cl][Zr][Cl]. The first-order valence-corrected chi connectivity index (χ1v) is 18.3. The Morgan fingerprint density at radius 2 is 1.59 bits per heavy atom. The first-order chi connectivity index (χ1) is 15.5. The number of benzene rings is 2. The zero-order valence-corrected chi connectivity index (χ0v) is 23.2. The van der Waals surface area contributed by atoms with Crippen LogP contribution in [0.2, 0.25) is 0 Å². The van der Waals surface area contributed by atoms with Gasteiger partial charge in [-0.1, -0.05) is 76.3 Å². The van der Waals surface area contributed by atoms with Crippen LogP contribution in [0.5, 0.6) is 5.75 Å². The van der Waals surface area contributed by atoms with Gasteiger partial charge in [-0.15, -0.1) is 0 Å². The normalized spacial score (nSPS) is 24.1. The second kappa shape index (κ2) is 13.3. The monoisotopic (exact) mass is 549 g/mol. The van der Waals surface area contributed by atoms with Crippen molar-refractivity contribution in [3.05, 3.63) is 53.6 Å². The molecule has 0 saturated heterocycles. The van der Waals surface area contributed by atoms with Crippen LogP contribution in [-0.4, -0.2) is 17.4 Å². The fourth-order valence-electron chi connectivity index (χ4n) is 5.24. The van der Waals surface area contributed by atoms with E-state index in [0.717, 1.165) is 23.5 Å². The summed E-state index contributed by atoms with van der Waals surface area (Å²) in [6.07, 6.45) is 11.9. The molecule has 2 aromatic carbocycles. The number of hydrogen-bond donors (Lipinski definition) is 1. The van der Waals surface area contributed by atoms with Gasteiger partial charge in [-0.3, -0.25) is 4.99 Å². The molecule has 1 N–H and O–H groups in total. The number of phenolic OH excluding ortho intramolecular Hbond substituents is 1. The average molecular weight is 552 g/mol. The molecule has 2 aromatic rings. The van der Waals surface area contributed by atoms with Crippen molar-refractivity contribution in [2.24, 2.45) is 16.8 Å². The summed E-state index contributed by atoms with van der Waals surface area (Å²) in [6.45, 7) is 4.68. The Morgan fingerprint density at radius 1 is 0.906 bits per heavy atom. The molecule has 0 amide bonds. The molecule has 2 fully saturated rings. The molecule has 0 aromatic heterocycles. The molecule has 0 bridgehead atoms. The van der Waals surface area contributed by atoms with Gasteiger partial charge >= 0.3 is 37.9 Å². The summed E-state index contributed by atoms with van der Waals surface area (Å²) in [5, 5.41) is 11.2. The van der Waals surface area contributed by atoms with Crippen LogP contribution in [-0.2, 0) is 20.8 Å². The quantitative estimate of drug-likeness (QED) is 0.379. The van der Waals surface area contributed by atoms with Crippen molar-refractivity contribution < 1.29 is 26.0 Å². The van der Waals surface area contributed by atoms with Crippen molar-refractivity contribution in [2.45, 2.75) is 77.2 Å². The van der Waals surface area contributed by atoms with Crippen molar-refractivity contribution in [1.82, 2.24) is 0 Å². The molecule has 172 valence electrons. The predicted molar refractivity (Wildman–Crippen MR) is 135 cm³/mol. The number of hydrogen-bond acceptors (Lipinski definition) is 2. The van der Waals surface area contributed by atoms with Crippen molar-refractivity contribution in [3.63, 3.8) is 0 Å². The molecule has 0 spiro atoms. The van der Waals surface area contributed by atoms with Crippen LogP contribution in [0.25, 0.3) is 11.1 Å². The topological polar surface area (TPSA) is 32.6 Å².